The molecule has 1 aliphatic rings. The fourth-order valence-electron chi connectivity index (χ4n) is 2.72. The standard InChI is InChI=1S/C14H23N3OS/c1-8(15-6)9-7-19-12(16-9)17-11(18)10-13(2,3)14(10,4)5/h7-8,10,15H,1-6H3,(H,16,17,18). The Morgan fingerprint density at radius 1 is 1.37 bits per heavy atom. The van der Waals surface area contributed by atoms with Crippen LogP contribution in [0, 0.1) is 16.7 Å². The minimum atomic E-state index is 0.0640. The Labute approximate surface area is 119 Å². The zero-order valence-corrected chi connectivity index (χ0v) is 13.3. The molecule has 106 valence electrons. The van der Waals surface area contributed by atoms with E-state index < -0.39 is 0 Å². The highest BCUT2D eigenvalue weighted by molar-refractivity contribution is 7.13. The normalized spacial score (nSPS) is 22.0. The van der Waals surface area contributed by atoms with E-state index in [2.05, 4.69) is 43.3 Å². The fraction of sp³-hybridized carbons (Fsp3) is 0.714. The summed E-state index contributed by atoms with van der Waals surface area (Å²) in [4.78, 5) is 16.7. The molecule has 0 aliphatic heterocycles. The second kappa shape index (κ2) is 4.56. The monoisotopic (exact) mass is 281 g/mol. The SMILES string of the molecule is CNC(C)c1csc(NC(=O)C2C(C)(C)C2(C)C)n1. The van der Waals surface area contributed by atoms with E-state index in [0.29, 0.717) is 5.13 Å². The first-order valence-corrected chi connectivity index (χ1v) is 7.53. The molecular formula is C14H23N3OS. The molecule has 0 aromatic carbocycles. The highest BCUT2D eigenvalue weighted by atomic mass is 32.1. The topological polar surface area (TPSA) is 54.0 Å². The minimum Gasteiger partial charge on any atom is -0.312 e. The van der Waals surface area contributed by atoms with Crippen molar-refractivity contribution in [1.82, 2.24) is 10.3 Å². The van der Waals surface area contributed by atoms with Crippen molar-refractivity contribution >= 4 is 22.4 Å². The van der Waals surface area contributed by atoms with E-state index >= 15 is 0 Å². The van der Waals surface area contributed by atoms with Crippen LogP contribution in [0.2, 0.25) is 0 Å². The maximum atomic E-state index is 12.3. The molecule has 1 aromatic rings. The summed E-state index contributed by atoms with van der Waals surface area (Å²) in [6.07, 6.45) is 0. The molecule has 2 N–H and O–H groups in total. The molecule has 0 spiro atoms. The van der Waals surface area contributed by atoms with Gasteiger partial charge in [-0.25, -0.2) is 4.98 Å². The Hall–Kier alpha value is -0.940. The highest BCUT2D eigenvalue weighted by Gasteiger charge is 2.68. The van der Waals surface area contributed by atoms with Crippen molar-refractivity contribution in [3.8, 4) is 0 Å². The van der Waals surface area contributed by atoms with Crippen LogP contribution in [-0.2, 0) is 4.79 Å². The first-order valence-electron chi connectivity index (χ1n) is 6.65. The lowest BCUT2D eigenvalue weighted by atomic mass is 10.0. The number of rotatable bonds is 4. The Morgan fingerprint density at radius 3 is 2.42 bits per heavy atom. The number of anilines is 1. The highest BCUT2D eigenvalue weighted by Crippen LogP contribution is 2.68. The lowest BCUT2D eigenvalue weighted by Crippen LogP contribution is -2.18. The third kappa shape index (κ3) is 2.30. The summed E-state index contributed by atoms with van der Waals surface area (Å²) < 4.78 is 0. The second-order valence-corrected chi connectivity index (χ2v) is 7.31. The number of carbonyl (C=O) groups excluding carboxylic acids is 1. The van der Waals surface area contributed by atoms with Crippen molar-refractivity contribution in [3.63, 3.8) is 0 Å². The molecule has 1 heterocycles. The van der Waals surface area contributed by atoms with E-state index in [1.807, 2.05) is 19.4 Å². The first-order chi connectivity index (χ1) is 8.71. The van der Waals surface area contributed by atoms with Gasteiger partial charge in [0, 0.05) is 17.3 Å². The van der Waals surface area contributed by atoms with Crippen LogP contribution in [0.15, 0.2) is 5.38 Å². The van der Waals surface area contributed by atoms with Gasteiger partial charge in [0.05, 0.1) is 5.69 Å². The van der Waals surface area contributed by atoms with Gasteiger partial charge in [0.25, 0.3) is 0 Å². The van der Waals surface area contributed by atoms with Gasteiger partial charge < -0.3 is 10.6 Å². The molecule has 1 amide bonds. The second-order valence-electron chi connectivity index (χ2n) is 6.45. The molecule has 1 aromatic heterocycles. The summed E-state index contributed by atoms with van der Waals surface area (Å²) in [7, 11) is 1.90. The van der Waals surface area contributed by atoms with Gasteiger partial charge in [-0.3, -0.25) is 4.79 Å². The van der Waals surface area contributed by atoms with Crippen LogP contribution in [0.1, 0.15) is 46.4 Å². The van der Waals surface area contributed by atoms with Crippen molar-refractivity contribution in [2.75, 3.05) is 12.4 Å². The van der Waals surface area contributed by atoms with Crippen LogP contribution in [-0.4, -0.2) is 17.9 Å². The number of hydrogen-bond acceptors (Lipinski definition) is 4. The van der Waals surface area contributed by atoms with Crippen LogP contribution in [0.3, 0.4) is 0 Å². The number of hydrogen-bond donors (Lipinski definition) is 2. The molecule has 4 nitrogen and oxygen atoms in total. The number of carbonyl (C=O) groups is 1. The lowest BCUT2D eigenvalue weighted by Gasteiger charge is -2.05. The number of amides is 1. The van der Waals surface area contributed by atoms with E-state index in [4.69, 9.17) is 0 Å². The van der Waals surface area contributed by atoms with E-state index in [0.717, 1.165) is 5.69 Å². The van der Waals surface area contributed by atoms with Crippen LogP contribution in [0.25, 0.3) is 0 Å². The zero-order chi connectivity index (χ0) is 14.4. The molecule has 0 saturated heterocycles. The molecule has 0 bridgehead atoms. The number of nitrogens with zero attached hydrogens (tertiary/aromatic N) is 1. The van der Waals surface area contributed by atoms with Crippen LogP contribution in [0.5, 0.6) is 0 Å². The van der Waals surface area contributed by atoms with Gasteiger partial charge in [0.1, 0.15) is 0 Å². The van der Waals surface area contributed by atoms with Gasteiger partial charge in [-0.15, -0.1) is 11.3 Å². The first kappa shape index (κ1) is 14.5. The predicted octanol–water partition coefficient (Wildman–Crippen LogP) is 3.04. The van der Waals surface area contributed by atoms with Crippen LogP contribution < -0.4 is 10.6 Å². The van der Waals surface area contributed by atoms with Crippen LogP contribution >= 0.6 is 11.3 Å². The van der Waals surface area contributed by atoms with Crippen molar-refractivity contribution < 1.29 is 4.79 Å². The van der Waals surface area contributed by atoms with Gasteiger partial charge in [-0.2, -0.15) is 0 Å². The van der Waals surface area contributed by atoms with Gasteiger partial charge in [0.15, 0.2) is 5.13 Å². The molecule has 1 fully saturated rings. The molecule has 19 heavy (non-hydrogen) atoms. The number of thiazole rings is 1. The summed E-state index contributed by atoms with van der Waals surface area (Å²) in [5.41, 5.74) is 1.10. The van der Waals surface area contributed by atoms with Crippen molar-refractivity contribution in [2.24, 2.45) is 16.7 Å². The average molecular weight is 281 g/mol. The summed E-state index contributed by atoms with van der Waals surface area (Å²) in [5.74, 6) is 0.155. The van der Waals surface area contributed by atoms with Gasteiger partial charge in [-0.1, -0.05) is 27.7 Å². The van der Waals surface area contributed by atoms with Crippen LogP contribution in [0.4, 0.5) is 5.13 Å². The molecule has 1 unspecified atom stereocenters. The molecule has 1 aliphatic carbocycles. The smallest absolute Gasteiger partial charge is 0.230 e. The Balaban J connectivity index is 2.03. The lowest BCUT2D eigenvalue weighted by molar-refractivity contribution is -0.118. The molecular weight excluding hydrogens is 258 g/mol. The summed E-state index contributed by atoms with van der Waals surface area (Å²) in [6.45, 7) is 10.6. The molecule has 2 rings (SSSR count). The molecule has 5 heteroatoms. The Kier molecular flexibility index (Phi) is 3.47. The van der Waals surface area contributed by atoms with E-state index in [-0.39, 0.29) is 28.7 Å². The van der Waals surface area contributed by atoms with Crippen molar-refractivity contribution in [1.29, 1.82) is 0 Å². The average Bonchev–Trinajstić information content (AvgIpc) is 2.69. The molecule has 1 saturated carbocycles. The zero-order valence-electron chi connectivity index (χ0n) is 12.5. The van der Waals surface area contributed by atoms with Crippen molar-refractivity contribution in [2.45, 2.75) is 40.7 Å². The molecule has 1 atom stereocenters. The van der Waals surface area contributed by atoms with E-state index in [1.54, 1.807) is 0 Å². The maximum Gasteiger partial charge on any atom is 0.230 e. The van der Waals surface area contributed by atoms with Gasteiger partial charge in [-0.05, 0) is 24.8 Å². The Bertz CT molecular complexity index is 479. The minimum absolute atomic E-state index is 0.0640. The van der Waals surface area contributed by atoms with Gasteiger partial charge >= 0.3 is 0 Å². The Morgan fingerprint density at radius 2 is 1.95 bits per heavy atom. The third-order valence-electron chi connectivity index (χ3n) is 4.91. The van der Waals surface area contributed by atoms with E-state index in [1.165, 1.54) is 11.3 Å². The largest absolute Gasteiger partial charge is 0.312 e. The number of aromatic nitrogens is 1. The summed E-state index contributed by atoms with van der Waals surface area (Å²) >= 11 is 1.48. The third-order valence-corrected chi connectivity index (χ3v) is 5.69. The quantitative estimate of drug-likeness (QED) is 0.892. The predicted molar refractivity (Wildman–Crippen MR) is 79.3 cm³/mol. The van der Waals surface area contributed by atoms with Gasteiger partial charge in [0.2, 0.25) is 5.91 Å². The summed E-state index contributed by atoms with van der Waals surface area (Å²) in [5, 5.41) is 8.78. The van der Waals surface area contributed by atoms with Crippen molar-refractivity contribution in [3.05, 3.63) is 11.1 Å². The molecule has 0 radical (unpaired) electrons. The van der Waals surface area contributed by atoms with E-state index in [9.17, 15) is 4.79 Å². The number of nitrogens with one attached hydrogen (secondary N) is 2. The summed E-state index contributed by atoms with van der Waals surface area (Å²) in [6, 6.07) is 0.204. The maximum absolute atomic E-state index is 12.3. The fourth-order valence-corrected chi connectivity index (χ4v) is 3.53.